The molecule has 0 aliphatic carbocycles. The molecule has 4 rings (SSSR count). The number of carbonyl (C=O) groups is 1. The smallest absolute Gasteiger partial charge is 0.257 e. The van der Waals surface area contributed by atoms with Crippen molar-refractivity contribution in [3.05, 3.63) is 75.3 Å². The second kappa shape index (κ2) is 9.41. The number of nitrogens with one attached hydrogen (secondary N) is 1. The zero-order valence-corrected chi connectivity index (χ0v) is 20.5. The van der Waals surface area contributed by atoms with Crippen LogP contribution >= 0.6 is 23.2 Å². The first-order valence-electron chi connectivity index (χ1n) is 10.8. The van der Waals surface area contributed by atoms with E-state index in [0.29, 0.717) is 26.8 Å². The molecule has 3 aromatic carbocycles. The summed E-state index contributed by atoms with van der Waals surface area (Å²) in [7, 11) is 0. The molecule has 0 spiro atoms. The molecule has 1 heterocycles. The molecule has 8 heteroatoms. The van der Waals surface area contributed by atoms with Crippen LogP contribution in [0.3, 0.4) is 0 Å². The van der Waals surface area contributed by atoms with Crippen molar-refractivity contribution >= 4 is 51.5 Å². The van der Waals surface area contributed by atoms with Crippen LogP contribution in [0.5, 0.6) is 0 Å². The van der Waals surface area contributed by atoms with Crippen molar-refractivity contribution in [1.29, 1.82) is 0 Å². The third-order valence-electron chi connectivity index (χ3n) is 5.67. The lowest BCUT2D eigenvalue weighted by molar-refractivity contribution is 0.102. The summed E-state index contributed by atoms with van der Waals surface area (Å²) < 4.78 is 0. The van der Waals surface area contributed by atoms with Crippen LogP contribution in [-0.4, -0.2) is 34.0 Å². The molecule has 0 saturated heterocycles. The van der Waals surface area contributed by atoms with E-state index < -0.39 is 0 Å². The lowest BCUT2D eigenvalue weighted by atomic mass is 10.1. The maximum Gasteiger partial charge on any atom is 0.257 e. The summed E-state index contributed by atoms with van der Waals surface area (Å²) in [6.45, 7) is 10.2. The summed E-state index contributed by atoms with van der Waals surface area (Å²) in [5.74, 6) is -0.333. The van der Waals surface area contributed by atoms with Crippen molar-refractivity contribution in [3.63, 3.8) is 0 Å². The van der Waals surface area contributed by atoms with E-state index in [1.165, 1.54) is 5.69 Å². The van der Waals surface area contributed by atoms with Gasteiger partial charge < -0.3 is 10.2 Å². The number of rotatable bonds is 6. The minimum Gasteiger partial charge on any atom is -0.372 e. The Morgan fingerprint density at radius 2 is 1.64 bits per heavy atom. The van der Waals surface area contributed by atoms with Gasteiger partial charge in [0.2, 0.25) is 0 Å². The van der Waals surface area contributed by atoms with Gasteiger partial charge in [0.15, 0.2) is 0 Å². The molecule has 6 nitrogen and oxygen atoms in total. The van der Waals surface area contributed by atoms with Gasteiger partial charge in [0.25, 0.3) is 5.91 Å². The van der Waals surface area contributed by atoms with Crippen LogP contribution in [0.15, 0.2) is 48.5 Å². The van der Waals surface area contributed by atoms with Crippen LogP contribution in [0, 0.1) is 13.8 Å². The first kappa shape index (κ1) is 23.1. The maximum absolute atomic E-state index is 12.8. The van der Waals surface area contributed by atoms with E-state index in [1.54, 1.807) is 23.0 Å². The predicted molar refractivity (Wildman–Crippen MR) is 136 cm³/mol. The van der Waals surface area contributed by atoms with Crippen LogP contribution in [0.25, 0.3) is 16.7 Å². The van der Waals surface area contributed by atoms with Crippen molar-refractivity contribution < 1.29 is 4.79 Å². The molecule has 4 aromatic rings. The minimum atomic E-state index is -0.333. The normalized spacial score (nSPS) is 11.1. The monoisotopic (exact) mass is 481 g/mol. The van der Waals surface area contributed by atoms with E-state index in [2.05, 4.69) is 53.3 Å². The number of aromatic nitrogens is 3. The zero-order chi connectivity index (χ0) is 23.7. The summed E-state index contributed by atoms with van der Waals surface area (Å²) in [6, 6.07) is 14.8. The Morgan fingerprint density at radius 3 is 2.30 bits per heavy atom. The van der Waals surface area contributed by atoms with Gasteiger partial charge in [-0.05, 0) is 87.4 Å². The van der Waals surface area contributed by atoms with Crippen molar-refractivity contribution in [2.24, 2.45) is 0 Å². The number of fused-ring (bicyclic) bond motifs is 1. The van der Waals surface area contributed by atoms with E-state index in [4.69, 9.17) is 23.2 Å². The molecule has 1 N–H and O–H groups in total. The Morgan fingerprint density at radius 1 is 0.939 bits per heavy atom. The molecular formula is C25H25Cl2N5O. The van der Waals surface area contributed by atoms with E-state index in [0.717, 1.165) is 35.4 Å². The van der Waals surface area contributed by atoms with E-state index in [9.17, 15) is 4.79 Å². The quantitative estimate of drug-likeness (QED) is 0.344. The number of benzene rings is 3. The summed E-state index contributed by atoms with van der Waals surface area (Å²) in [6.07, 6.45) is 0. The molecule has 0 unspecified atom stereocenters. The summed E-state index contributed by atoms with van der Waals surface area (Å²) >= 11 is 12.2. The predicted octanol–water partition coefficient (Wildman–Crippen LogP) is 6.44. The average molecular weight is 482 g/mol. The van der Waals surface area contributed by atoms with E-state index in [1.807, 2.05) is 25.1 Å². The lowest BCUT2D eigenvalue weighted by Crippen LogP contribution is -2.21. The van der Waals surface area contributed by atoms with Gasteiger partial charge in [0.05, 0.1) is 16.3 Å². The number of nitrogens with zero attached hydrogens (tertiary/aromatic N) is 4. The number of anilines is 2. The number of hydrogen-bond acceptors (Lipinski definition) is 4. The Bertz CT molecular complexity index is 1340. The maximum atomic E-state index is 12.8. The van der Waals surface area contributed by atoms with Gasteiger partial charge >= 0.3 is 0 Å². The van der Waals surface area contributed by atoms with Gasteiger partial charge in [-0.1, -0.05) is 23.2 Å². The third kappa shape index (κ3) is 4.68. The number of amides is 1. The van der Waals surface area contributed by atoms with Gasteiger partial charge in [0.1, 0.15) is 11.0 Å². The van der Waals surface area contributed by atoms with Crippen LogP contribution in [0.4, 0.5) is 11.4 Å². The molecule has 0 fully saturated rings. The Kier molecular flexibility index (Phi) is 6.58. The van der Waals surface area contributed by atoms with Crippen LogP contribution < -0.4 is 10.2 Å². The van der Waals surface area contributed by atoms with Gasteiger partial charge in [0, 0.05) is 29.5 Å². The average Bonchev–Trinajstić information content (AvgIpc) is 3.18. The largest absolute Gasteiger partial charge is 0.372 e. The van der Waals surface area contributed by atoms with Crippen molar-refractivity contribution in [2.45, 2.75) is 27.7 Å². The van der Waals surface area contributed by atoms with Crippen molar-refractivity contribution in [2.75, 3.05) is 23.3 Å². The number of halogens is 2. The highest BCUT2D eigenvalue weighted by Gasteiger charge is 2.15. The fraction of sp³-hybridized carbons (Fsp3) is 0.240. The minimum absolute atomic E-state index is 0.316. The fourth-order valence-electron chi connectivity index (χ4n) is 3.82. The fourth-order valence-corrected chi connectivity index (χ4v) is 4.20. The van der Waals surface area contributed by atoms with Gasteiger partial charge in [-0.25, -0.2) is 0 Å². The van der Waals surface area contributed by atoms with Crippen molar-refractivity contribution in [1.82, 2.24) is 15.0 Å². The number of hydrogen-bond donors (Lipinski definition) is 1. The number of aryl methyl sites for hydroxylation is 2. The summed E-state index contributed by atoms with van der Waals surface area (Å²) in [5, 5.41) is 13.0. The highest BCUT2D eigenvalue weighted by Crippen LogP contribution is 2.27. The summed E-state index contributed by atoms with van der Waals surface area (Å²) in [5.41, 5.74) is 6.43. The molecule has 170 valence electrons. The summed E-state index contributed by atoms with van der Waals surface area (Å²) in [4.78, 5) is 16.7. The third-order valence-corrected chi connectivity index (χ3v) is 6.24. The molecule has 0 atom stereocenters. The lowest BCUT2D eigenvalue weighted by Gasteiger charge is -2.22. The molecule has 1 aromatic heterocycles. The van der Waals surface area contributed by atoms with Gasteiger partial charge in [-0.2, -0.15) is 4.80 Å². The van der Waals surface area contributed by atoms with E-state index in [-0.39, 0.29) is 5.91 Å². The topological polar surface area (TPSA) is 63.1 Å². The molecule has 0 aliphatic heterocycles. The van der Waals surface area contributed by atoms with E-state index >= 15 is 0 Å². The highest BCUT2D eigenvalue weighted by molar-refractivity contribution is 6.36. The SMILES string of the molecule is CCN(CC)c1ccc(-n2nc3cc(C)c(NC(=O)c4cc(Cl)ccc4Cl)cc3n2)c(C)c1. The Hall–Kier alpha value is -3.09. The first-order chi connectivity index (χ1) is 15.8. The molecule has 0 aliphatic rings. The van der Waals surface area contributed by atoms with Gasteiger partial charge in [-0.15, -0.1) is 10.2 Å². The Balaban J connectivity index is 1.66. The molecular weight excluding hydrogens is 457 g/mol. The standard InChI is InChI=1S/C25H25Cl2N5O/c1-5-31(6-2)18-8-10-24(16(4)11-18)32-29-22-12-15(3)21(14-23(22)30-32)28-25(33)19-13-17(26)7-9-20(19)27/h7-14H,5-6H2,1-4H3,(H,28,33). The van der Waals surface area contributed by atoms with Crippen molar-refractivity contribution in [3.8, 4) is 5.69 Å². The Labute approximate surface area is 203 Å². The molecule has 0 saturated carbocycles. The number of carbonyl (C=O) groups excluding carboxylic acids is 1. The zero-order valence-electron chi connectivity index (χ0n) is 19.0. The van der Waals surface area contributed by atoms with Gasteiger partial charge in [-0.3, -0.25) is 4.79 Å². The van der Waals surface area contributed by atoms with Crippen LogP contribution in [-0.2, 0) is 0 Å². The molecule has 0 bridgehead atoms. The van der Waals surface area contributed by atoms with Crippen LogP contribution in [0.2, 0.25) is 10.0 Å². The van der Waals surface area contributed by atoms with Crippen LogP contribution in [0.1, 0.15) is 35.3 Å². The first-order valence-corrected chi connectivity index (χ1v) is 11.6. The molecule has 1 amide bonds. The second-order valence-electron chi connectivity index (χ2n) is 7.87. The second-order valence-corrected chi connectivity index (χ2v) is 8.71. The molecule has 33 heavy (non-hydrogen) atoms. The molecule has 0 radical (unpaired) electrons. The highest BCUT2D eigenvalue weighted by atomic mass is 35.5.